The van der Waals surface area contributed by atoms with E-state index in [1.54, 1.807) is 0 Å². The Hall–Kier alpha value is -8.12. The minimum Gasteiger partial charge on any atom is -0.310 e. The molecule has 11 aromatic rings. The van der Waals surface area contributed by atoms with E-state index in [4.69, 9.17) is 0 Å². The molecule has 0 saturated carbocycles. The summed E-state index contributed by atoms with van der Waals surface area (Å²) in [5.74, 6) is 0. The summed E-state index contributed by atoms with van der Waals surface area (Å²) in [6, 6.07) is 89.5. The summed E-state index contributed by atoms with van der Waals surface area (Å²) in [5, 5.41) is 4.68. The third-order valence-electron chi connectivity index (χ3n) is 11.6. The molecule has 0 unspecified atom stereocenters. The van der Waals surface area contributed by atoms with Crippen LogP contribution in [-0.2, 0) is 0 Å². The lowest BCUT2D eigenvalue weighted by molar-refractivity contribution is 1.18. The van der Waals surface area contributed by atoms with E-state index in [-0.39, 0.29) is 0 Å². The van der Waals surface area contributed by atoms with Gasteiger partial charge in [-0.05, 0) is 116 Å². The molecule has 0 spiro atoms. The first-order chi connectivity index (χ1) is 29.8. The van der Waals surface area contributed by atoms with E-state index in [0.29, 0.717) is 0 Å². The van der Waals surface area contributed by atoms with Gasteiger partial charge >= 0.3 is 0 Å². The van der Waals surface area contributed by atoms with Gasteiger partial charge in [0.15, 0.2) is 0 Å². The minimum absolute atomic E-state index is 1.08. The molecule has 0 saturated heterocycles. The summed E-state index contributed by atoms with van der Waals surface area (Å²) in [5.41, 5.74) is 16.1. The second-order valence-electron chi connectivity index (χ2n) is 15.2. The molecule has 0 N–H and O–H groups in total. The molecule has 10 aromatic carbocycles. The normalized spacial score (nSPS) is 11.2. The van der Waals surface area contributed by atoms with Gasteiger partial charge in [-0.15, -0.1) is 0 Å². The van der Waals surface area contributed by atoms with Crippen molar-refractivity contribution in [3.8, 4) is 50.2 Å². The largest absolute Gasteiger partial charge is 0.310 e. The fourth-order valence-electron chi connectivity index (χ4n) is 8.76. The number of anilines is 3. The van der Waals surface area contributed by atoms with Crippen molar-refractivity contribution in [1.82, 2.24) is 4.57 Å². The summed E-state index contributed by atoms with van der Waals surface area (Å²) in [6.07, 6.45) is 0. The first-order valence-corrected chi connectivity index (χ1v) is 20.4. The number of hydrogen-bond acceptors (Lipinski definition) is 1. The molecule has 60 heavy (non-hydrogen) atoms. The van der Waals surface area contributed by atoms with Crippen molar-refractivity contribution in [1.29, 1.82) is 0 Å². The molecule has 0 aliphatic carbocycles. The Balaban J connectivity index is 1.05. The van der Waals surface area contributed by atoms with Crippen LogP contribution in [0.2, 0.25) is 0 Å². The number of para-hydroxylation sites is 1. The molecule has 2 nitrogen and oxygen atoms in total. The van der Waals surface area contributed by atoms with Gasteiger partial charge in [-0.2, -0.15) is 0 Å². The van der Waals surface area contributed by atoms with Crippen LogP contribution in [0.25, 0.3) is 82.8 Å². The van der Waals surface area contributed by atoms with Gasteiger partial charge < -0.3 is 9.47 Å². The Morgan fingerprint density at radius 3 is 1.58 bits per heavy atom. The van der Waals surface area contributed by atoms with E-state index in [0.717, 1.165) is 44.7 Å². The highest BCUT2D eigenvalue weighted by molar-refractivity contribution is 6.13. The molecule has 0 atom stereocenters. The monoisotopic (exact) mass is 762 g/mol. The van der Waals surface area contributed by atoms with E-state index in [1.807, 2.05) is 6.07 Å². The van der Waals surface area contributed by atoms with Crippen LogP contribution in [-0.4, -0.2) is 4.57 Å². The molecule has 0 bridgehead atoms. The minimum atomic E-state index is 1.08. The van der Waals surface area contributed by atoms with E-state index >= 15 is 0 Å². The molecule has 0 aliphatic rings. The van der Waals surface area contributed by atoms with Gasteiger partial charge in [0.1, 0.15) is 0 Å². The van der Waals surface area contributed by atoms with Crippen molar-refractivity contribution >= 4 is 49.6 Å². The molecular formula is C58H38N2. The lowest BCUT2D eigenvalue weighted by Crippen LogP contribution is -2.11. The summed E-state index contributed by atoms with van der Waals surface area (Å²) < 4.78 is 2.38. The predicted octanol–water partition coefficient (Wildman–Crippen LogP) is 15.7. The molecule has 1 aromatic heterocycles. The molecule has 0 amide bonds. The maximum absolute atomic E-state index is 3.44. The molecule has 0 radical (unpaired) electrons. The number of fused-ring (bicyclic) bond motifs is 4. The van der Waals surface area contributed by atoms with E-state index in [2.05, 4.69) is 246 Å². The Morgan fingerprint density at radius 1 is 0.367 bits per heavy atom. The number of hydrogen-bond donors (Lipinski definition) is 0. The average Bonchev–Trinajstić information content (AvgIpc) is 3.65. The van der Waals surface area contributed by atoms with Crippen LogP contribution < -0.4 is 4.90 Å². The molecular weight excluding hydrogens is 725 g/mol. The van der Waals surface area contributed by atoms with Gasteiger partial charge in [-0.3, -0.25) is 0 Å². The second-order valence-corrected chi connectivity index (χ2v) is 15.2. The average molecular weight is 763 g/mol. The first kappa shape index (κ1) is 35.1. The maximum atomic E-state index is 3.44. The number of rotatable bonds is 8. The summed E-state index contributed by atoms with van der Waals surface area (Å²) in [4.78, 5) is 2.38. The Bertz CT molecular complexity index is 3270. The van der Waals surface area contributed by atoms with E-state index in [1.165, 1.54) is 55.1 Å². The molecule has 280 valence electrons. The van der Waals surface area contributed by atoms with Crippen LogP contribution in [0.1, 0.15) is 0 Å². The van der Waals surface area contributed by atoms with Crippen LogP contribution in [0.4, 0.5) is 17.1 Å². The van der Waals surface area contributed by atoms with Crippen molar-refractivity contribution in [2.24, 2.45) is 0 Å². The molecule has 0 fully saturated rings. The number of aromatic nitrogens is 1. The highest BCUT2D eigenvalue weighted by atomic mass is 15.1. The third-order valence-corrected chi connectivity index (χ3v) is 11.6. The zero-order valence-electron chi connectivity index (χ0n) is 32.8. The predicted molar refractivity (Wildman–Crippen MR) is 252 cm³/mol. The van der Waals surface area contributed by atoms with E-state index < -0.39 is 0 Å². The Labute approximate surface area is 350 Å². The maximum Gasteiger partial charge on any atom is 0.0631 e. The zero-order valence-corrected chi connectivity index (χ0v) is 32.8. The summed E-state index contributed by atoms with van der Waals surface area (Å²) >= 11 is 0. The second kappa shape index (κ2) is 15.0. The van der Waals surface area contributed by atoms with Crippen molar-refractivity contribution in [3.05, 3.63) is 243 Å². The number of benzene rings is 9. The van der Waals surface area contributed by atoms with Gasteiger partial charge in [0, 0.05) is 28.0 Å². The molecule has 1 heterocycles. The molecule has 0 aliphatic heterocycles. The van der Waals surface area contributed by atoms with Crippen LogP contribution in [0.3, 0.4) is 0 Å². The highest BCUT2D eigenvalue weighted by Gasteiger charge is 2.19. The van der Waals surface area contributed by atoms with Crippen molar-refractivity contribution in [2.75, 3.05) is 4.90 Å². The van der Waals surface area contributed by atoms with Crippen LogP contribution in [0, 0.1) is 12.1 Å². The highest BCUT2D eigenvalue weighted by Crippen LogP contribution is 2.43. The summed E-state index contributed by atoms with van der Waals surface area (Å²) in [7, 11) is 0. The summed E-state index contributed by atoms with van der Waals surface area (Å²) in [6.45, 7) is 0. The lowest BCUT2D eigenvalue weighted by atomic mass is 9.93. The Kier molecular flexibility index (Phi) is 8.77. The molecule has 11 rings (SSSR count). The standard InChI is InChI=1S/C58H38N2/c1-4-16-41(17-5-1)42-28-32-48(33-29-42)59(56-26-14-12-24-52(56)43-18-6-2-7-19-43)49-34-30-45(31-35-49)51-37-36-50(40-54(51)44-20-8-3-9-21-44)60-57-27-15-13-25-53(57)55-38-46-22-10-11-23-47(46)39-58(55)60/h1-12,14-24,26-40H. The third kappa shape index (κ3) is 6.27. The van der Waals surface area contributed by atoms with Gasteiger partial charge in [0.25, 0.3) is 0 Å². The van der Waals surface area contributed by atoms with Gasteiger partial charge in [-0.25, -0.2) is 0 Å². The number of nitrogens with zero attached hydrogens (tertiary/aromatic N) is 2. The smallest absolute Gasteiger partial charge is 0.0631 e. The SMILES string of the molecule is c1ccc2c(c#1)c1cc3ccccc3cc1n2-c1ccc(-c2ccc(N(c3ccc(-c4ccccc4)cc3)c3ccccc3-c3ccccc3)cc2)c(-c2ccccc2)c1. The van der Waals surface area contributed by atoms with Gasteiger partial charge in [-0.1, -0.05) is 176 Å². The van der Waals surface area contributed by atoms with Crippen molar-refractivity contribution < 1.29 is 0 Å². The lowest BCUT2D eigenvalue weighted by Gasteiger charge is -2.28. The van der Waals surface area contributed by atoms with Crippen LogP contribution >= 0.6 is 0 Å². The zero-order chi connectivity index (χ0) is 39.8. The van der Waals surface area contributed by atoms with Crippen LogP contribution in [0.5, 0.6) is 0 Å². The van der Waals surface area contributed by atoms with Gasteiger partial charge in [0.05, 0.1) is 22.1 Å². The van der Waals surface area contributed by atoms with Crippen molar-refractivity contribution in [3.63, 3.8) is 0 Å². The van der Waals surface area contributed by atoms with E-state index in [9.17, 15) is 0 Å². The fraction of sp³-hybridized carbons (Fsp3) is 0. The first-order valence-electron chi connectivity index (χ1n) is 20.4. The Morgan fingerprint density at radius 2 is 0.900 bits per heavy atom. The topological polar surface area (TPSA) is 8.17 Å². The van der Waals surface area contributed by atoms with Gasteiger partial charge in [0.2, 0.25) is 0 Å². The van der Waals surface area contributed by atoms with Crippen LogP contribution in [0.15, 0.2) is 231 Å². The fourth-order valence-corrected chi connectivity index (χ4v) is 8.76. The quantitative estimate of drug-likeness (QED) is 0.150. The van der Waals surface area contributed by atoms with Crippen molar-refractivity contribution in [2.45, 2.75) is 0 Å². The molecule has 2 heteroatoms.